The van der Waals surface area contributed by atoms with Crippen molar-refractivity contribution in [2.75, 3.05) is 19.7 Å². The topological polar surface area (TPSA) is 59.0 Å². The number of phenolic OH excluding ortho intramolecular Hbond substituents is 1. The first-order valence-corrected chi connectivity index (χ1v) is 6.73. The fourth-order valence-electron chi connectivity index (χ4n) is 1.94. The number of amides is 1. The van der Waals surface area contributed by atoms with Gasteiger partial charge in [-0.2, -0.15) is 0 Å². The largest absolute Gasteiger partial charge is 0.508 e. The molecule has 0 saturated carbocycles. The van der Waals surface area contributed by atoms with E-state index in [0.29, 0.717) is 31.4 Å². The molecule has 5 nitrogen and oxygen atoms in total. The van der Waals surface area contributed by atoms with Crippen LogP contribution in [0.3, 0.4) is 0 Å². The summed E-state index contributed by atoms with van der Waals surface area (Å²) in [6, 6.07) is 6.70. The lowest BCUT2D eigenvalue weighted by atomic mass is 10.0. The van der Waals surface area contributed by atoms with E-state index in [1.165, 1.54) is 0 Å². The van der Waals surface area contributed by atoms with Crippen LogP contribution in [0.1, 0.15) is 20.8 Å². The molecule has 0 aromatic heterocycles. The van der Waals surface area contributed by atoms with Crippen LogP contribution >= 0.6 is 0 Å². The van der Waals surface area contributed by atoms with Gasteiger partial charge < -0.3 is 19.5 Å². The molecule has 0 spiro atoms. The van der Waals surface area contributed by atoms with Gasteiger partial charge in [0.25, 0.3) is 0 Å². The highest BCUT2D eigenvalue weighted by Gasteiger charge is 2.33. The zero-order valence-corrected chi connectivity index (χ0v) is 12.1. The summed E-state index contributed by atoms with van der Waals surface area (Å²) in [5.41, 5.74) is -0.458. The third-order valence-corrected chi connectivity index (χ3v) is 2.91. The van der Waals surface area contributed by atoms with Crippen LogP contribution in [0.4, 0.5) is 4.79 Å². The minimum Gasteiger partial charge on any atom is -0.508 e. The first kappa shape index (κ1) is 14.5. The average Bonchev–Trinajstić information content (AvgIpc) is 2.24. The Hall–Kier alpha value is -1.91. The number of hydrogen-bond donors (Lipinski definition) is 1. The number of rotatable bonds is 3. The lowest BCUT2D eigenvalue weighted by Crippen LogP contribution is -2.53. The first-order chi connectivity index (χ1) is 9.33. The van der Waals surface area contributed by atoms with Crippen molar-refractivity contribution in [2.45, 2.75) is 26.4 Å². The second-order valence-corrected chi connectivity index (χ2v) is 6.06. The second-order valence-electron chi connectivity index (χ2n) is 6.06. The average molecular weight is 279 g/mol. The normalized spacial score (nSPS) is 15.7. The van der Waals surface area contributed by atoms with Crippen LogP contribution in [-0.4, -0.2) is 41.4 Å². The van der Waals surface area contributed by atoms with Crippen molar-refractivity contribution in [3.05, 3.63) is 24.3 Å². The van der Waals surface area contributed by atoms with Crippen molar-refractivity contribution in [3.8, 4) is 11.5 Å². The number of benzene rings is 1. The second kappa shape index (κ2) is 5.61. The monoisotopic (exact) mass is 279 g/mol. The molecule has 1 heterocycles. The molecule has 1 N–H and O–H groups in total. The van der Waals surface area contributed by atoms with Gasteiger partial charge in [-0.3, -0.25) is 0 Å². The van der Waals surface area contributed by atoms with E-state index in [1.54, 1.807) is 29.2 Å². The molecular formula is C15H21NO4. The molecule has 1 aromatic rings. The molecule has 1 amide bonds. The van der Waals surface area contributed by atoms with Crippen LogP contribution < -0.4 is 4.74 Å². The van der Waals surface area contributed by atoms with Crippen LogP contribution in [0.15, 0.2) is 24.3 Å². The van der Waals surface area contributed by atoms with Gasteiger partial charge in [-0.25, -0.2) is 4.79 Å². The molecule has 20 heavy (non-hydrogen) atoms. The lowest BCUT2D eigenvalue weighted by Gasteiger charge is -2.39. The first-order valence-electron chi connectivity index (χ1n) is 6.73. The van der Waals surface area contributed by atoms with Crippen LogP contribution in [0.5, 0.6) is 11.5 Å². The molecular weight excluding hydrogens is 258 g/mol. The Balaban J connectivity index is 1.71. The predicted octanol–water partition coefficient (Wildman–Crippen LogP) is 2.64. The summed E-state index contributed by atoms with van der Waals surface area (Å²) in [5.74, 6) is 1.14. The molecule has 0 radical (unpaired) electrons. The Morgan fingerprint density at radius 1 is 1.40 bits per heavy atom. The summed E-state index contributed by atoms with van der Waals surface area (Å²) < 4.78 is 10.9. The van der Waals surface area contributed by atoms with Crippen LogP contribution in [0.25, 0.3) is 0 Å². The maximum Gasteiger partial charge on any atom is 0.410 e. The molecule has 1 saturated heterocycles. The summed E-state index contributed by atoms with van der Waals surface area (Å²) in [7, 11) is 0. The van der Waals surface area contributed by atoms with Gasteiger partial charge in [0.15, 0.2) is 0 Å². The van der Waals surface area contributed by atoms with Crippen LogP contribution in [0.2, 0.25) is 0 Å². The van der Waals surface area contributed by atoms with Gasteiger partial charge in [0.2, 0.25) is 0 Å². The SMILES string of the molecule is CC(C)(C)OC(=O)N1CC(COc2cccc(O)c2)C1. The van der Waals surface area contributed by atoms with E-state index in [2.05, 4.69) is 0 Å². The summed E-state index contributed by atoms with van der Waals surface area (Å²) in [4.78, 5) is 13.4. The highest BCUT2D eigenvalue weighted by Crippen LogP contribution is 2.22. The quantitative estimate of drug-likeness (QED) is 0.924. The van der Waals surface area contributed by atoms with Crippen molar-refractivity contribution >= 4 is 6.09 Å². The van der Waals surface area contributed by atoms with Crippen molar-refractivity contribution in [1.29, 1.82) is 0 Å². The number of aromatic hydroxyl groups is 1. The zero-order valence-electron chi connectivity index (χ0n) is 12.1. The van der Waals surface area contributed by atoms with Gasteiger partial charge in [-0.15, -0.1) is 0 Å². The number of hydrogen-bond acceptors (Lipinski definition) is 4. The number of carbonyl (C=O) groups excluding carboxylic acids is 1. The number of carbonyl (C=O) groups is 1. The molecule has 5 heteroatoms. The lowest BCUT2D eigenvalue weighted by molar-refractivity contribution is -0.00781. The van der Waals surface area contributed by atoms with E-state index < -0.39 is 5.60 Å². The van der Waals surface area contributed by atoms with Gasteiger partial charge in [-0.05, 0) is 32.9 Å². The molecule has 110 valence electrons. The van der Waals surface area contributed by atoms with E-state index in [-0.39, 0.29) is 11.8 Å². The number of likely N-dealkylation sites (tertiary alicyclic amines) is 1. The summed E-state index contributed by atoms with van der Waals surface area (Å²) in [5, 5.41) is 9.32. The number of phenols is 1. The Kier molecular flexibility index (Phi) is 4.06. The van der Waals surface area contributed by atoms with Gasteiger partial charge in [0.1, 0.15) is 17.1 Å². The van der Waals surface area contributed by atoms with E-state index in [0.717, 1.165) is 0 Å². The van der Waals surface area contributed by atoms with Crippen molar-refractivity contribution < 1.29 is 19.4 Å². The molecule has 0 atom stereocenters. The zero-order chi connectivity index (χ0) is 14.8. The van der Waals surface area contributed by atoms with E-state index in [9.17, 15) is 9.90 Å². The fourth-order valence-corrected chi connectivity index (χ4v) is 1.94. The molecule has 2 rings (SSSR count). The molecule has 0 aliphatic carbocycles. The molecule has 1 aliphatic rings. The summed E-state index contributed by atoms with van der Waals surface area (Å²) in [6.45, 7) is 7.39. The maximum absolute atomic E-state index is 11.7. The Labute approximate surface area is 119 Å². The fraction of sp³-hybridized carbons (Fsp3) is 0.533. The molecule has 1 fully saturated rings. The Bertz CT molecular complexity index is 475. The molecule has 0 unspecified atom stereocenters. The van der Waals surface area contributed by atoms with Gasteiger partial charge in [-0.1, -0.05) is 6.07 Å². The number of nitrogens with zero attached hydrogens (tertiary/aromatic N) is 1. The van der Waals surface area contributed by atoms with Crippen LogP contribution in [0, 0.1) is 5.92 Å². The van der Waals surface area contributed by atoms with E-state index in [1.807, 2.05) is 20.8 Å². The van der Waals surface area contributed by atoms with Gasteiger partial charge in [0, 0.05) is 25.1 Å². The smallest absolute Gasteiger partial charge is 0.410 e. The summed E-state index contributed by atoms with van der Waals surface area (Å²) in [6.07, 6.45) is -0.272. The van der Waals surface area contributed by atoms with Crippen molar-refractivity contribution in [1.82, 2.24) is 4.90 Å². The van der Waals surface area contributed by atoms with Crippen LogP contribution in [-0.2, 0) is 4.74 Å². The maximum atomic E-state index is 11.7. The Morgan fingerprint density at radius 2 is 2.10 bits per heavy atom. The van der Waals surface area contributed by atoms with E-state index in [4.69, 9.17) is 9.47 Å². The van der Waals surface area contributed by atoms with Crippen molar-refractivity contribution in [3.63, 3.8) is 0 Å². The van der Waals surface area contributed by atoms with Crippen molar-refractivity contribution in [2.24, 2.45) is 5.92 Å². The van der Waals surface area contributed by atoms with Gasteiger partial charge >= 0.3 is 6.09 Å². The minimum atomic E-state index is -0.458. The summed E-state index contributed by atoms with van der Waals surface area (Å²) >= 11 is 0. The molecule has 1 aromatic carbocycles. The predicted molar refractivity (Wildman–Crippen MR) is 74.9 cm³/mol. The number of ether oxygens (including phenoxy) is 2. The highest BCUT2D eigenvalue weighted by molar-refractivity contribution is 5.69. The Morgan fingerprint density at radius 3 is 2.70 bits per heavy atom. The molecule has 1 aliphatic heterocycles. The molecule has 0 bridgehead atoms. The third kappa shape index (κ3) is 4.05. The third-order valence-electron chi connectivity index (χ3n) is 2.91. The standard InChI is InChI=1S/C15H21NO4/c1-15(2,3)20-14(18)16-8-11(9-16)10-19-13-6-4-5-12(17)7-13/h4-7,11,17H,8-10H2,1-3H3. The van der Waals surface area contributed by atoms with Gasteiger partial charge in [0.05, 0.1) is 6.61 Å². The van der Waals surface area contributed by atoms with E-state index >= 15 is 0 Å². The minimum absolute atomic E-state index is 0.187. The highest BCUT2D eigenvalue weighted by atomic mass is 16.6.